The lowest BCUT2D eigenvalue weighted by Gasteiger charge is -2.15. The molecular weight excluding hydrogens is 384 g/mol. The summed E-state index contributed by atoms with van der Waals surface area (Å²) in [4.78, 5) is 15.4. The van der Waals surface area contributed by atoms with Crippen LogP contribution in [-0.4, -0.2) is 61.0 Å². The number of hydrogen-bond donors (Lipinski definition) is 1. The first-order valence-electron chi connectivity index (χ1n) is 9.49. The Hall–Kier alpha value is -2.74. The monoisotopic (exact) mass is 410 g/mol. The van der Waals surface area contributed by atoms with E-state index < -0.39 is 0 Å². The molecule has 2 aromatic heterocycles. The lowest BCUT2D eigenvalue weighted by atomic mass is 10.2. The number of carbonyl (C=O) groups excluding carboxylic acids is 1. The van der Waals surface area contributed by atoms with Gasteiger partial charge in [-0.25, -0.2) is 4.68 Å². The van der Waals surface area contributed by atoms with Gasteiger partial charge in [-0.15, -0.1) is 11.3 Å². The van der Waals surface area contributed by atoms with Crippen LogP contribution in [0.1, 0.15) is 5.56 Å². The van der Waals surface area contributed by atoms with Gasteiger partial charge in [0, 0.05) is 44.6 Å². The summed E-state index contributed by atoms with van der Waals surface area (Å²) >= 11 is 1.63. The molecule has 3 aromatic rings. The Kier molecular flexibility index (Phi) is 7.75. The number of hydrogen-bond acceptors (Lipinski definition) is 5. The molecule has 0 aliphatic heterocycles. The van der Waals surface area contributed by atoms with E-state index in [1.54, 1.807) is 24.5 Å². The van der Waals surface area contributed by atoms with E-state index in [9.17, 15) is 4.79 Å². The second kappa shape index (κ2) is 10.7. The molecule has 0 aliphatic carbocycles. The molecule has 1 amide bonds. The summed E-state index contributed by atoms with van der Waals surface area (Å²) in [6.07, 6.45) is 5.34. The van der Waals surface area contributed by atoms with Gasteiger partial charge in [0.1, 0.15) is 5.69 Å². The molecule has 1 aromatic carbocycles. The van der Waals surface area contributed by atoms with Crippen molar-refractivity contribution in [2.75, 3.05) is 40.4 Å². The van der Waals surface area contributed by atoms with E-state index in [1.165, 1.54) is 0 Å². The highest BCUT2D eigenvalue weighted by molar-refractivity contribution is 7.13. The van der Waals surface area contributed by atoms with Crippen molar-refractivity contribution in [1.82, 2.24) is 20.0 Å². The summed E-state index contributed by atoms with van der Waals surface area (Å²) in [5, 5.41) is 9.69. The van der Waals surface area contributed by atoms with Crippen LogP contribution in [0.5, 0.6) is 0 Å². The second-order valence-corrected chi connectivity index (χ2v) is 7.56. The highest BCUT2D eigenvalue weighted by atomic mass is 32.1. The number of nitrogens with one attached hydrogen (secondary N) is 1. The topological polar surface area (TPSA) is 59.4 Å². The van der Waals surface area contributed by atoms with Gasteiger partial charge in [-0.1, -0.05) is 24.3 Å². The maximum absolute atomic E-state index is 12.2. The van der Waals surface area contributed by atoms with Gasteiger partial charge >= 0.3 is 0 Å². The van der Waals surface area contributed by atoms with E-state index in [0.717, 1.165) is 34.9 Å². The Balaban J connectivity index is 1.67. The highest BCUT2D eigenvalue weighted by Gasteiger charge is 2.11. The van der Waals surface area contributed by atoms with Crippen LogP contribution in [0.2, 0.25) is 0 Å². The number of methoxy groups -OCH3 is 1. The van der Waals surface area contributed by atoms with Gasteiger partial charge in [0.05, 0.1) is 17.2 Å². The first-order chi connectivity index (χ1) is 14.2. The van der Waals surface area contributed by atoms with Crippen LogP contribution < -0.4 is 5.32 Å². The first kappa shape index (κ1) is 21.0. The third-order valence-electron chi connectivity index (χ3n) is 4.40. The number of carbonyl (C=O) groups is 1. The fraction of sp³-hybridized carbons (Fsp3) is 0.273. The van der Waals surface area contributed by atoms with Crippen LogP contribution in [0.25, 0.3) is 22.3 Å². The largest absolute Gasteiger partial charge is 0.383 e. The summed E-state index contributed by atoms with van der Waals surface area (Å²) in [5.74, 6) is -0.116. The van der Waals surface area contributed by atoms with Crippen molar-refractivity contribution in [3.63, 3.8) is 0 Å². The molecule has 2 heterocycles. The van der Waals surface area contributed by atoms with Crippen LogP contribution in [0, 0.1) is 0 Å². The molecule has 0 aliphatic rings. The van der Waals surface area contributed by atoms with Crippen molar-refractivity contribution in [3.05, 3.63) is 65.7 Å². The minimum atomic E-state index is -0.116. The number of nitrogens with zero attached hydrogens (tertiary/aromatic N) is 3. The Morgan fingerprint density at radius 2 is 2.07 bits per heavy atom. The average Bonchev–Trinajstić information content (AvgIpc) is 3.41. The Bertz CT molecular complexity index is 920. The summed E-state index contributed by atoms with van der Waals surface area (Å²) < 4.78 is 6.90. The molecule has 0 saturated heterocycles. The molecule has 0 atom stereocenters. The number of thiophene rings is 1. The van der Waals surface area contributed by atoms with Crippen molar-refractivity contribution in [2.24, 2.45) is 0 Å². The number of amides is 1. The third kappa shape index (κ3) is 6.12. The number of benzene rings is 1. The third-order valence-corrected chi connectivity index (χ3v) is 5.28. The quantitative estimate of drug-likeness (QED) is 0.521. The van der Waals surface area contributed by atoms with Crippen molar-refractivity contribution in [3.8, 4) is 16.3 Å². The maximum atomic E-state index is 12.2. The molecule has 7 heteroatoms. The highest BCUT2D eigenvalue weighted by Crippen LogP contribution is 2.28. The van der Waals surface area contributed by atoms with Crippen LogP contribution >= 0.6 is 11.3 Å². The summed E-state index contributed by atoms with van der Waals surface area (Å²) in [5.41, 5.74) is 2.75. The Morgan fingerprint density at radius 1 is 1.24 bits per heavy atom. The minimum absolute atomic E-state index is 0.116. The summed E-state index contributed by atoms with van der Waals surface area (Å²) in [7, 11) is 3.69. The molecule has 152 valence electrons. The normalized spacial score (nSPS) is 11.4. The van der Waals surface area contributed by atoms with Gasteiger partial charge in [0.2, 0.25) is 5.91 Å². The van der Waals surface area contributed by atoms with Crippen LogP contribution in [0.4, 0.5) is 0 Å². The minimum Gasteiger partial charge on any atom is -0.383 e. The zero-order chi connectivity index (χ0) is 20.5. The van der Waals surface area contributed by atoms with Gasteiger partial charge < -0.3 is 15.0 Å². The molecule has 0 spiro atoms. The summed E-state index contributed by atoms with van der Waals surface area (Å²) in [6.45, 7) is 2.88. The molecule has 29 heavy (non-hydrogen) atoms. The van der Waals surface area contributed by atoms with Crippen LogP contribution in [0.15, 0.2) is 60.1 Å². The number of likely N-dealkylation sites (N-methyl/N-ethyl adjacent to an activating group) is 1. The molecule has 0 unspecified atom stereocenters. The van der Waals surface area contributed by atoms with E-state index in [0.29, 0.717) is 13.2 Å². The lowest BCUT2D eigenvalue weighted by molar-refractivity contribution is -0.116. The maximum Gasteiger partial charge on any atom is 0.244 e. The van der Waals surface area contributed by atoms with Gasteiger partial charge in [0.25, 0.3) is 0 Å². The van der Waals surface area contributed by atoms with Gasteiger partial charge in [-0.05, 0) is 36.7 Å². The zero-order valence-electron chi connectivity index (χ0n) is 16.7. The number of ether oxygens (including phenoxy) is 1. The predicted molar refractivity (Wildman–Crippen MR) is 118 cm³/mol. The molecular formula is C22H26N4O2S. The Labute approximate surface area is 175 Å². The molecule has 1 N–H and O–H groups in total. The van der Waals surface area contributed by atoms with Crippen molar-refractivity contribution in [1.29, 1.82) is 0 Å². The average molecular weight is 411 g/mol. The molecule has 0 fully saturated rings. The first-order valence-corrected chi connectivity index (χ1v) is 10.4. The smallest absolute Gasteiger partial charge is 0.244 e. The van der Waals surface area contributed by atoms with E-state index in [-0.39, 0.29) is 5.91 Å². The fourth-order valence-corrected chi connectivity index (χ4v) is 3.51. The number of aromatic nitrogens is 2. The fourth-order valence-electron chi connectivity index (χ4n) is 2.78. The molecule has 3 rings (SSSR count). The lowest BCUT2D eigenvalue weighted by Crippen LogP contribution is -2.33. The van der Waals surface area contributed by atoms with Crippen LogP contribution in [0.3, 0.4) is 0 Å². The predicted octanol–water partition coefficient (Wildman–Crippen LogP) is 3.31. The van der Waals surface area contributed by atoms with E-state index >= 15 is 0 Å². The molecule has 6 nitrogen and oxygen atoms in total. The van der Waals surface area contributed by atoms with Crippen molar-refractivity contribution in [2.45, 2.75) is 0 Å². The van der Waals surface area contributed by atoms with E-state index in [1.807, 2.05) is 71.8 Å². The van der Waals surface area contributed by atoms with Gasteiger partial charge in [-0.2, -0.15) is 5.10 Å². The van der Waals surface area contributed by atoms with Crippen molar-refractivity contribution >= 4 is 23.3 Å². The second-order valence-electron chi connectivity index (χ2n) is 6.61. The van der Waals surface area contributed by atoms with E-state index in [2.05, 4.69) is 10.2 Å². The standard InChI is InChI=1S/C22H26N4O2S/c1-25(14-15-28-2)13-12-23-21(27)11-10-18-17-26(19-7-4-3-5-8-19)24-22(18)20-9-6-16-29-20/h3-11,16-17H,12-15H2,1-2H3,(H,23,27)/b11-10+. The summed E-state index contributed by atoms with van der Waals surface area (Å²) in [6, 6.07) is 14.0. The molecule has 0 bridgehead atoms. The van der Waals surface area contributed by atoms with Crippen LogP contribution in [-0.2, 0) is 9.53 Å². The van der Waals surface area contributed by atoms with E-state index in [4.69, 9.17) is 9.84 Å². The van der Waals surface area contributed by atoms with Gasteiger partial charge in [-0.3, -0.25) is 4.79 Å². The number of rotatable bonds is 10. The SMILES string of the molecule is COCCN(C)CCNC(=O)/C=C/c1cn(-c2ccccc2)nc1-c1cccs1. The number of para-hydroxylation sites is 1. The zero-order valence-corrected chi connectivity index (χ0v) is 17.6. The van der Waals surface area contributed by atoms with Crippen molar-refractivity contribution < 1.29 is 9.53 Å². The molecule has 0 radical (unpaired) electrons. The molecule has 0 saturated carbocycles. The Morgan fingerprint density at radius 3 is 2.79 bits per heavy atom. The van der Waals surface area contributed by atoms with Gasteiger partial charge in [0.15, 0.2) is 0 Å².